The molecule has 0 amide bonds. The fraction of sp³-hybridized carbons (Fsp3) is 0.357. The van der Waals surface area contributed by atoms with E-state index in [1.807, 2.05) is 44.4 Å². The molecule has 0 N–H and O–H groups in total. The van der Waals surface area contributed by atoms with Gasteiger partial charge in [0.2, 0.25) is 0 Å². The van der Waals surface area contributed by atoms with Crippen molar-refractivity contribution in [3.05, 3.63) is 48.6 Å². The van der Waals surface area contributed by atoms with Gasteiger partial charge in [-0.15, -0.1) is 0 Å². The van der Waals surface area contributed by atoms with Crippen LogP contribution in [0.1, 0.15) is 18.7 Å². The van der Waals surface area contributed by atoms with Crippen molar-refractivity contribution in [2.45, 2.75) is 13.2 Å². The number of quaternary nitrogens is 1. The predicted molar refractivity (Wildman–Crippen MR) is 68.1 cm³/mol. The highest BCUT2D eigenvalue weighted by Crippen LogP contribution is 2.26. The van der Waals surface area contributed by atoms with Crippen molar-refractivity contribution in [2.75, 3.05) is 20.6 Å². The summed E-state index contributed by atoms with van der Waals surface area (Å²) in [5, 5.41) is 0. The van der Waals surface area contributed by atoms with Crippen LogP contribution >= 0.6 is 0 Å². The number of hydrogen-bond acceptors (Lipinski definition) is 2. The number of carbonyl (C=O) groups excluding carboxylic acids is 1. The first kappa shape index (κ1) is 13.5. The molecule has 92 valence electrons. The molecule has 0 aliphatic carbocycles. The van der Waals surface area contributed by atoms with Crippen molar-refractivity contribution in [2.24, 2.45) is 0 Å². The minimum atomic E-state index is -0.390. The Bertz CT molecular complexity index is 384. The molecule has 17 heavy (non-hydrogen) atoms. The monoisotopic (exact) mass is 234 g/mol. The smallest absolute Gasteiger partial charge is 0.334 e. The van der Waals surface area contributed by atoms with Gasteiger partial charge in [-0.3, -0.25) is 4.48 Å². The normalized spacial score (nSPS) is 12.9. The summed E-state index contributed by atoms with van der Waals surface area (Å²) in [6.45, 7) is 6.37. The summed E-state index contributed by atoms with van der Waals surface area (Å²) >= 11 is 0. The molecular weight excluding hydrogens is 214 g/mol. The van der Waals surface area contributed by atoms with Gasteiger partial charge in [0.15, 0.2) is 0 Å². The van der Waals surface area contributed by atoms with Gasteiger partial charge in [0, 0.05) is 6.08 Å². The zero-order valence-electron chi connectivity index (χ0n) is 10.7. The molecule has 0 saturated heterocycles. The third-order valence-corrected chi connectivity index (χ3v) is 2.93. The maximum absolute atomic E-state index is 11.4. The molecule has 3 nitrogen and oxygen atoms in total. The number of hydrogen-bond donors (Lipinski definition) is 0. The van der Waals surface area contributed by atoms with Crippen LogP contribution in [-0.4, -0.2) is 31.1 Å². The maximum atomic E-state index is 11.4. The SMILES string of the molecule is C=CC(=O)OC(c1ccccc1)[N+](C)(C)CC. The van der Waals surface area contributed by atoms with Gasteiger partial charge in [-0.25, -0.2) is 4.79 Å². The highest BCUT2D eigenvalue weighted by molar-refractivity contribution is 5.81. The second-order valence-electron chi connectivity index (χ2n) is 4.50. The molecule has 0 spiro atoms. The molecule has 0 aliphatic rings. The lowest BCUT2D eigenvalue weighted by atomic mass is 10.1. The van der Waals surface area contributed by atoms with Gasteiger partial charge < -0.3 is 4.74 Å². The summed E-state index contributed by atoms with van der Waals surface area (Å²) in [7, 11) is 4.07. The van der Waals surface area contributed by atoms with Crippen LogP contribution < -0.4 is 0 Å². The van der Waals surface area contributed by atoms with Crippen molar-refractivity contribution in [3.8, 4) is 0 Å². The molecule has 0 aromatic heterocycles. The zero-order valence-corrected chi connectivity index (χ0v) is 10.7. The van der Waals surface area contributed by atoms with Crippen molar-refractivity contribution >= 4 is 5.97 Å². The summed E-state index contributed by atoms with van der Waals surface area (Å²) in [4.78, 5) is 11.4. The van der Waals surface area contributed by atoms with Gasteiger partial charge >= 0.3 is 5.97 Å². The summed E-state index contributed by atoms with van der Waals surface area (Å²) in [5.74, 6) is -0.390. The van der Waals surface area contributed by atoms with Gasteiger partial charge in [-0.05, 0) is 19.1 Å². The van der Waals surface area contributed by atoms with Gasteiger partial charge in [0.25, 0.3) is 6.23 Å². The molecule has 0 aliphatic heterocycles. The summed E-state index contributed by atoms with van der Waals surface area (Å²) in [6, 6.07) is 9.77. The van der Waals surface area contributed by atoms with Crippen molar-refractivity contribution < 1.29 is 14.0 Å². The highest BCUT2D eigenvalue weighted by Gasteiger charge is 2.31. The number of ether oxygens (including phenoxy) is 1. The third kappa shape index (κ3) is 3.43. The molecule has 1 unspecified atom stereocenters. The van der Waals surface area contributed by atoms with E-state index in [0.29, 0.717) is 4.48 Å². The molecule has 0 heterocycles. The number of esters is 1. The van der Waals surface area contributed by atoms with Crippen LogP contribution in [0, 0.1) is 0 Å². The second kappa shape index (κ2) is 5.64. The second-order valence-corrected chi connectivity index (χ2v) is 4.50. The lowest BCUT2D eigenvalue weighted by Crippen LogP contribution is -2.44. The Kier molecular flexibility index (Phi) is 4.46. The molecule has 0 bridgehead atoms. The Hall–Kier alpha value is -1.61. The van der Waals surface area contributed by atoms with Crippen molar-refractivity contribution in [1.29, 1.82) is 0 Å². The van der Waals surface area contributed by atoms with Crippen LogP contribution in [0.5, 0.6) is 0 Å². The number of benzene rings is 1. The molecule has 3 heteroatoms. The molecular formula is C14H20NO2+. The Labute approximate surface area is 103 Å². The first-order valence-corrected chi connectivity index (χ1v) is 5.72. The molecule has 0 radical (unpaired) electrons. The fourth-order valence-electron chi connectivity index (χ4n) is 1.56. The average Bonchev–Trinajstić information content (AvgIpc) is 2.36. The standard InChI is InChI=1S/C14H20NO2/c1-5-13(16)17-14(15(3,4)6-2)12-10-8-7-9-11-12/h5,7-11,14H,1,6H2,2-4H3/q+1. The molecule has 1 rings (SSSR count). The Morgan fingerprint density at radius 1 is 1.41 bits per heavy atom. The first-order chi connectivity index (χ1) is 8.01. The van der Waals surface area contributed by atoms with Crippen molar-refractivity contribution in [3.63, 3.8) is 0 Å². The first-order valence-electron chi connectivity index (χ1n) is 5.72. The van der Waals surface area contributed by atoms with E-state index in [1.165, 1.54) is 6.08 Å². The number of rotatable bonds is 5. The van der Waals surface area contributed by atoms with E-state index in [0.717, 1.165) is 12.1 Å². The van der Waals surface area contributed by atoms with Crippen molar-refractivity contribution in [1.82, 2.24) is 0 Å². The van der Waals surface area contributed by atoms with Crippen LogP contribution in [0.25, 0.3) is 0 Å². The van der Waals surface area contributed by atoms with Gasteiger partial charge in [-0.1, -0.05) is 24.8 Å². The topological polar surface area (TPSA) is 26.3 Å². The largest absolute Gasteiger partial charge is 0.405 e. The van der Waals surface area contributed by atoms with Gasteiger partial charge in [-0.2, -0.15) is 0 Å². The number of nitrogens with zero attached hydrogens (tertiary/aromatic N) is 1. The van der Waals surface area contributed by atoms with E-state index >= 15 is 0 Å². The number of carbonyl (C=O) groups is 1. The molecule has 1 aromatic carbocycles. The minimum Gasteiger partial charge on any atom is -0.405 e. The predicted octanol–water partition coefficient (Wildman–Crippen LogP) is 2.51. The zero-order chi connectivity index (χ0) is 12.9. The van der Waals surface area contributed by atoms with Gasteiger partial charge in [0.1, 0.15) is 0 Å². The minimum absolute atomic E-state index is 0.299. The van der Waals surface area contributed by atoms with Crippen LogP contribution in [0.15, 0.2) is 43.0 Å². The van der Waals surface area contributed by atoms with E-state index in [4.69, 9.17) is 4.74 Å². The maximum Gasteiger partial charge on any atom is 0.334 e. The summed E-state index contributed by atoms with van der Waals surface area (Å²) in [5.41, 5.74) is 0.995. The van der Waals surface area contributed by atoms with Gasteiger partial charge in [0.05, 0.1) is 26.2 Å². The lowest BCUT2D eigenvalue weighted by molar-refractivity contribution is -0.940. The summed E-state index contributed by atoms with van der Waals surface area (Å²) in [6.07, 6.45) is 0.901. The van der Waals surface area contributed by atoms with E-state index < -0.39 is 5.97 Å². The van der Waals surface area contributed by atoms with E-state index in [2.05, 4.69) is 13.5 Å². The van der Waals surface area contributed by atoms with Crippen LogP contribution in [0.2, 0.25) is 0 Å². The summed E-state index contributed by atoms with van der Waals surface area (Å²) < 4.78 is 6.04. The van der Waals surface area contributed by atoms with Crippen LogP contribution in [-0.2, 0) is 9.53 Å². The van der Waals surface area contributed by atoms with E-state index in [9.17, 15) is 4.79 Å². The Morgan fingerprint density at radius 2 is 2.00 bits per heavy atom. The van der Waals surface area contributed by atoms with Crippen LogP contribution in [0.3, 0.4) is 0 Å². The van der Waals surface area contributed by atoms with E-state index in [-0.39, 0.29) is 6.23 Å². The Balaban J connectivity index is 3.03. The highest BCUT2D eigenvalue weighted by atomic mass is 16.6. The third-order valence-electron chi connectivity index (χ3n) is 2.93. The molecule has 1 atom stereocenters. The Morgan fingerprint density at radius 3 is 2.47 bits per heavy atom. The fourth-order valence-corrected chi connectivity index (χ4v) is 1.56. The lowest BCUT2D eigenvalue weighted by Gasteiger charge is -2.35. The molecule has 0 saturated carbocycles. The average molecular weight is 234 g/mol. The quantitative estimate of drug-likeness (QED) is 0.339. The van der Waals surface area contributed by atoms with E-state index in [1.54, 1.807) is 0 Å². The molecule has 1 aromatic rings. The molecule has 0 fully saturated rings. The van der Waals surface area contributed by atoms with Crippen LogP contribution in [0.4, 0.5) is 0 Å².